The minimum Gasteiger partial charge on any atom is -0.496 e. The summed E-state index contributed by atoms with van der Waals surface area (Å²) in [5, 5.41) is 0. The zero-order chi connectivity index (χ0) is 7.61. The molecule has 0 N–H and O–H groups in total. The van der Waals surface area contributed by atoms with E-state index in [4.69, 9.17) is 16.3 Å². The molecular weight excluding hydrogens is 148 g/mol. The highest BCUT2D eigenvalue weighted by Gasteiger charge is 2.33. The molecule has 0 spiro atoms. The molecule has 1 aliphatic rings. The second kappa shape index (κ2) is 2.83. The van der Waals surface area contributed by atoms with Crippen molar-refractivity contribution in [2.75, 3.05) is 6.61 Å². The number of ether oxygens (including phenoxy) is 1. The van der Waals surface area contributed by atoms with E-state index in [1.807, 2.05) is 0 Å². The van der Waals surface area contributed by atoms with E-state index >= 15 is 0 Å². The number of hydrogen-bond donors (Lipinski definition) is 0. The molecule has 0 radical (unpaired) electrons. The molecule has 1 saturated heterocycles. The average Bonchev–Trinajstić information content (AvgIpc) is 2.32. The maximum atomic E-state index is 5.58. The summed E-state index contributed by atoms with van der Waals surface area (Å²) in [6.07, 6.45) is 2.20. The van der Waals surface area contributed by atoms with Crippen molar-refractivity contribution in [3.8, 4) is 0 Å². The van der Waals surface area contributed by atoms with Gasteiger partial charge in [0, 0.05) is 11.0 Å². The van der Waals surface area contributed by atoms with Crippen LogP contribution in [0.2, 0.25) is 0 Å². The molecule has 0 saturated carbocycles. The predicted octanol–water partition coefficient (Wildman–Crippen LogP) is 2.90. The summed E-state index contributed by atoms with van der Waals surface area (Å²) < 4.78 is 5.34. The maximum Gasteiger partial charge on any atom is 0.113 e. The first-order valence-electron chi connectivity index (χ1n) is 3.66. The van der Waals surface area contributed by atoms with Crippen LogP contribution in [0.1, 0.15) is 26.7 Å². The van der Waals surface area contributed by atoms with Crippen molar-refractivity contribution in [3.63, 3.8) is 0 Å². The molecule has 1 fully saturated rings. The van der Waals surface area contributed by atoms with Gasteiger partial charge in [-0.15, -0.1) is 0 Å². The van der Waals surface area contributed by atoms with Crippen LogP contribution in [0.5, 0.6) is 0 Å². The highest BCUT2D eigenvalue weighted by atomic mass is 35.5. The van der Waals surface area contributed by atoms with E-state index in [0.29, 0.717) is 0 Å². The molecule has 0 aromatic heterocycles. The molecule has 0 bridgehead atoms. The fourth-order valence-corrected chi connectivity index (χ4v) is 1.52. The van der Waals surface area contributed by atoms with Crippen molar-refractivity contribution in [3.05, 3.63) is 11.3 Å². The Hall–Kier alpha value is -0.170. The minimum absolute atomic E-state index is 0.210. The van der Waals surface area contributed by atoms with Gasteiger partial charge in [0.2, 0.25) is 0 Å². The van der Waals surface area contributed by atoms with Gasteiger partial charge in [-0.05, 0) is 12.8 Å². The van der Waals surface area contributed by atoms with Crippen molar-refractivity contribution in [1.82, 2.24) is 0 Å². The summed E-state index contributed by atoms with van der Waals surface area (Å²) in [5.74, 6) is 0.955. The molecule has 2 heteroatoms. The molecule has 1 aliphatic heterocycles. The van der Waals surface area contributed by atoms with Gasteiger partial charge in [0.15, 0.2) is 0 Å². The summed E-state index contributed by atoms with van der Waals surface area (Å²) in [4.78, 5) is 0. The third kappa shape index (κ3) is 1.15. The summed E-state index contributed by atoms with van der Waals surface area (Å²) in [6, 6.07) is 0. The minimum atomic E-state index is 0.210. The van der Waals surface area contributed by atoms with Crippen LogP contribution in [0.25, 0.3) is 0 Å². The van der Waals surface area contributed by atoms with E-state index in [2.05, 4.69) is 13.8 Å². The van der Waals surface area contributed by atoms with Gasteiger partial charge in [-0.2, -0.15) is 0 Å². The first kappa shape index (κ1) is 7.93. The third-order valence-electron chi connectivity index (χ3n) is 2.39. The Morgan fingerprint density at radius 1 is 1.80 bits per heavy atom. The summed E-state index contributed by atoms with van der Waals surface area (Å²) in [5.41, 5.74) is 1.78. The number of halogens is 1. The van der Waals surface area contributed by atoms with Gasteiger partial charge >= 0.3 is 0 Å². The zero-order valence-electron chi connectivity index (χ0n) is 6.48. The highest BCUT2D eigenvalue weighted by Crippen LogP contribution is 2.40. The van der Waals surface area contributed by atoms with Crippen LogP contribution in [0.3, 0.4) is 0 Å². The fourth-order valence-electron chi connectivity index (χ4n) is 1.20. The average molecular weight is 161 g/mol. The lowest BCUT2D eigenvalue weighted by molar-refractivity contribution is 0.245. The summed E-state index contributed by atoms with van der Waals surface area (Å²) in [7, 11) is 0. The molecule has 1 atom stereocenters. The largest absolute Gasteiger partial charge is 0.496 e. The Morgan fingerprint density at radius 2 is 2.50 bits per heavy atom. The molecule has 10 heavy (non-hydrogen) atoms. The lowest BCUT2D eigenvalue weighted by Crippen LogP contribution is -2.11. The van der Waals surface area contributed by atoms with Gasteiger partial charge in [-0.3, -0.25) is 0 Å². The highest BCUT2D eigenvalue weighted by molar-refractivity contribution is 6.25. The first-order valence-corrected chi connectivity index (χ1v) is 4.10. The van der Waals surface area contributed by atoms with Gasteiger partial charge in [0.05, 0.1) is 6.61 Å². The molecule has 0 aromatic carbocycles. The van der Waals surface area contributed by atoms with Gasteiger partial charge in [-0.1, -0.05) is 25.4 Å². The second-order valence-electron chi connectivity index (χ2n) is 2.99. The van der Waals surface area contributed by atoms with Crippen LogP contribution in [0, 0.1) is 5.41 Å². The SMILES string of the molecule is CCC1(C)CCOC1=CCl. The van der Waals surface area contributed by atoms with E-state index < -0.39 is 0 Å². The fraction of sp³-hybridized carbons (Fsp3) is 0.750. The Bertz CT molecular complexity index is 153. The van der Waals surface area contributed by atoms with Crippen LogP contribution in [0.15, 0.2) is 11.3 Å². The predicted molar refractivity (Wildman–Crippen MR) is 42.9 cm³/mol. The Kier molecular flexibility index (Phi) is 2.24. The molecule has 0 aliphatic carbocycles. The molecule has 1 heterocycles. The Morgan fingerprint density at radius 3 is 2.90 bits per heavy atom. The van der Waals surface area contributed by atoms with Crippen LogP contribution in [-0.4, -0.2) is 6.61 Å². The molecule has 1 nitrogen and oxygen atoms in total. The third-order valence-corrected chi connectivity index (χ3v) is 2.58. The van der Waals surface area contributed by atoms with Gasteiger partial charge in [0.1, 0.15) is 5.76 Å². The van der Waals surface area contributed by atoms with Crippen LogP contribution in [0.4, 0.5) is 0 Å². The molecule has 58 valence electrons. The van der Waals surface area contributed by atoms with E-state index in [9.17, 15) is 0 Å². The van der Waals surface area contributed by atoms with Gasteiger partial charge < -0.3 is 4.74 Å². The molecule has 1 unspecified atom stereocenters. The molecule has 0 aromatic rings. The monoisotopic (exact) mass is 160 g/mol. The van der Waals surface area contributed by atoms with Gasteiger partial charge in [0.25, 0.3) is 0 Å². The van der Waals surface area contributed by atoms with Crippen molar-refractivity contribution in [1.29, 1.82) is 0 Å². The molecule has 0 amide bonds. The standard InChI is InChI=1S/C8H13ClO/c1-3-8(2)4-5-10-7(8)6-9/h6H,3-5H2,1-2H3. The molecular formula is C8H13ClO. The Balaban J connectivity index is 2.75. The van der Waals surface area contributed by atoms with E-state index in [-0.39, 0.29) is 5.41 Å². The number of rotatable bonds is 1. The van der Waals surface area contributed by atoms with Crippen molar-refractivity contribution >= 4 is 11.6 Å². The maximum absolute atomic E-state index is 5.58. The zero-order valence-corrected chi connectivity index (χ0v) is 7.24. The molecule has 1 rings (SSSR count). The topological polar surface area (TPSA) is 9.23 Å². The number of hydrogen-bond acceptors (Lipinski definition) is 1. The van der Waals surface area contributed by atoms with Crippen LogP contribution in [-0.2, 0) is 4.74 Å². The van der Waals surface area contributed by atoms with Crippen molar-refractivity contribution in [2.24, 2.45) is 5.41 Å². The van der Waals surface area contributed by atoms with Crippen LogP contribution < -0.4 is 0 Å². The lowest BCUT2D eigenvalue weighted by Gasteiger charge is -2.19. The second-order valence-corrected chi connectivity index (χ2v) is 3.20. The van der Waals surface area contributed by atoms with E-state index in [1.54, 1.807) is 5.54 Å². The normalized spacial score (nSPS) is 36.5. The summed E-state index contributed by atoms with van der Waals surface area (Å²) in [6.45, 7) is 5.17. The number of allylic oxidation sites excluding steroid dienone is 1. The smallest absolute Gasteiger partial charge is 0.113 e. The Labute approximate surface area is 67.0 Å². The quantitative estimate of drug-likeness (QED) is 0.573. The van der Waals surface area contributed by atoms with Crippen molar-refractivity contribution in [2.45, 2.75) is 26.7 Å². The van der Waals surface area contributed by atoms with E-state index in [1.165, 1.54) is 0 Å². The first-order chi connectivity index (χ1) is 4.73. The van der Waals surface area contributed by atoms with Gasteiger partial charge in [-0.25, -0.2) is 0 Å². The van der Waals surface area contributed by atoms with Crippen LogP contribution >= 0.6 is 11.6 Å². The van der Waals surface area contributed by atoms with Crippen molar-refractivity contribution < 1.29 is 4.74 Å². The summed E-state index contributed by atoms with van der Waals surface area (Å²) >= 11 is 5.58. The van der Waals surface area contributed by atoms with E-state index in [0.717, 1.165) is 25.2 Å². The lowest BCUT2D eigenvalue weighted by atomic mass is 9.85.